The van der Waals surface area contributed by atoms with Gasteiger partial charge in [-0.3, -0.25) is 0 Å². The van der Waals surface area contributed by atoms with E-state index in [2.05, 4.69) is 9.55 Å². The van der Waals surface area contributed by atoms with Crippen LogP contribution in [0.5, 0.6) is 0 Å². The minimum absolute atomic E-state index is 0.586. The van der Waals surface area contributed by atoms with Gasteiger partial charge in [-0.2, -0.15) is 0 Å². The molecule has 60 valence electrons. The molecule has 3 heteroatoms. The van der Waals surface area contributed by atoms with Crippen LogP contribution in [-0.4, -0.2) is 9.55 Å². The predicted molar refractivity (Wildman–Crippen MR) is 43.1 cm³/mol. The molecule has 0 aliphatic carbocycles. The highest BCUT2D eigenvalue weighted by Crippen LogP contribution is 2.16. The Kier molecular flexibility index (Phi) is 1.66. The third-order valence-corrected chi connectivity index (χ3v) is 2.29. The Morgan fingerprint density at radius 1 is 1.55 bits per heavy atom. The molecule has 3 nitrogen and oxygen atoms in total. The molecule has 0 saturated carbocycles. The lowest BCUT2D eigenvalue weighted by molar-refractivity contribution is 0.529. The fraction of sp³-hybridized carbons (Fsp3) is 0.625. The standard InChI is InChI=1S/C8H13N3/c9-5-7-8-3-1-2-4-11(8)6-10-7/h6H,1-5,9H2. The van der Waals surface area contributed by atoms with E-state index in [9.17, 15) is 0 Å². The number of rotatable bonds is 1. The molecule has 1 aromatic rings. The van der Waals surface area contributed by atoms with Gasteiger partial charge in [-0.1, -0.05) is 0 Å². The van der Waals surface area contributed by atoms with Crippen LogP contribution < -0.4 is 5.73 Å². The minimum atomic E-state index is 0.586. The molecule has 11 heavy (non-hydrogen) atoms. The summed E-state index contributed by atoms with van der Waals surface area (Å²) in [5.74, 6) is 0. The Hall–Kier alpha value is -0.830. The molecule has 0 amide bonds. The van der Waals surface area contributed by atoms with Crippen LogP contribution >= 0.6 is 0 Å². The fourth-order valence-electron chi connectivity index (χ4n) is 1.68. The Morgan fingerprint density at radius 3 is 3.27 bits per heavy atom. The molecule has 0 radical (unpaired) electrons. The zero-order valence-electron chi connectivity index (χ0n) is 6.58. The summed E-state index contributed by atoms with van der Waals surface area (Å²) in [6.45, 7) is 1.71. The van der Waals surface area contributed by atoms with Crippen molar-refractivity contribution >= 4 is 0 Å². The molecule has 0 saturated heterocycles. The van der Waals surface area contributed by atoms with E-state index in [0.29, 0.717) is 6.54 Å². The smallest absolute Gasteiger partial charge is 0.0952 e. The molecule has 1 aliphatic heterocycles. The summed E-state index contributed by atoms with van der Waals surface area (Å²) in [7, 11) is 0. The first kappa shape index (κ1) is 6.85. The second kappa shape index (κ2) is 2.66. The first-order valence-corrected chi connectivity index (χ1v) is 4.15. The normalized spacial score (nSPS) is 16.5. The summed E-state index contributed by atoms with van der Waals surface area (Å²) in [6.07, 6.45) is 5.65. The first-order chi connectivity index (χ1) is 5.42. The average molecular weight is 151 g/mol. The van der Waals surface area contributed by atoms with Crippen LogP contribution in [0.4, 0.5) is 0 Å². The van der Waals surface area contributed by atoms with Gasteiger partial charge in [0.1, 0.15) is 0 Å². The van der Waals surface area contributed by atoms with E-state index in [1.807, 2.05) is 6.33 Å². The maximum absolute atomic E-state index is 5.54. The number of hydrogen-bond acceptors (Lipinski definition) is 2. The molecule has 1 aliphatic rings. The lowest BCUT2D eigenvalue weighted by atomic mass is 10.1. The van der Waals surface area contributed by atoms with Gasteiger partial charge in [0.15, 0.2) is 0 Å². The quantitative estimate of drug-likeness (QED) is 0.641. The summed E-state index contributed by atoms with van der Waals surface area (Å²) >= 11 is 0. The number of nitrogens with zero attached hydrogens (tertiary/aromatic N) is 2. The topological polar surface area (TPSA) is 43.8 Å². The van der Waals surface area contributed by atoms with Crippen molar-refractivity contribution < 1.29 is 0 Å². The molecule has 0 fully saturated rings. The lowest BCUT2D eigenvalue weighted by Gasteiger charge is -2.14. The molecule has 2 rings (SSSR count). The maximum Gasteiger partial charge on any atom is 0.0952 e. The highest BCUT2D eigenvalue weighted by molar-refractivity contribution is 5.14. The highest BCUT2D eigenvalue weighted by Gasteiger charge is 2.12. The molecule has 0 bridgehead atoms. The van der Waals surface area contributed by atoms with Gasteiger partial charge in [0.05, 0.1) is 12.0 Å². The van der Waals surface area contributed by atoms with E-state index < -0.39 is 0 Å². The third-order valence-electron chi connectivity index (χ3n) is 2.29. The van der Waals surface area contributed by atoms with Crippen molar-refractivity contribution in [2.75, 3.05) is 0 Å². The van der Waals surface area contributed by atoms with Crippen molar-refractivity contribution in [3.8, 4) is 0 Å². The van der Waals surface area contributed by atoms with E-state index >= 15 is 0 Å². The van der Waals surface area contributed by atoms with Crippen LogP contribution in [0.15, 0.2) is 6.33 Å². The fourth-order valence-corrected chi connectivity index (χ4v) is 1.68. The van der Waals surface area contributed by atoms with Crippen molar-refractivity contribution in [1.29, 1.82) is 0 Å². The minimum Gasteiger partial charge on any atom is -0.334 e. The Morgan fingerprint density at radius 2 is 2.45 bits per heavy atom. The van der Waals surface area contributed by atoms with Crippen molar-refractivity contribution in [1.82, 2.24) is 9.55 Å². The molecule has 1 aromatic heterocycles. The largest absolute Gasteiger partial charge is 0.334 e. The number of nitrogens with two attached hydrogens (primary N) is 1. The number of aromatic nitrogens is 2. The van der Waals surface area contributed by atoms with Gasteiger partial charge in [-0.25, -0.2) is 4.98 Å². The van der Waals surface area contributed by atoms with Crippen molar-refractivity contribution in [2.45, 2.75) is 32.4 Å². The summed E-state index contributed by atoms with van der Waals surface area (Å²) < 4.78 is 2.23. The van der Waals surface area contributed by atoms with Crippen LogP contribution in [-0.2, 0) is 19.5 Å². The molecular formula is C8H13N3. The molecule has 2 N–H and O–H groups in total. The number of imidazole rings is 1. The van der Waals surface area contributed by atoms with Crippen LogP contribution in [0.25, 0.3) is 0 Å². The second-order valence-corrected chi connectivity index (χ2v) is 2.99. The molecule has 0 atom stereocenters. The maximum atomic E-state index is 5.54. The van der Waals surface area contributed by atoms with Crippen LogP contribution in [0.1, 0.15) is 24.2 Å². The molecule has 2 heterocycles. The molecule has 0 aromatic carbocycles. The van der Waals surface area contributed by atoms with E-state index in [4.69, 9.17) is 5.73 Å². The van der Waals surface area contributed by atoms with E-state index in [1.165, 1.54) is 18.5 Å². The second-order valence-electron chi connectivity index (χ2n) is 2.99. The van der Waals surface area contributed by atoms with Gasteiger partial charge in [-0.05, 0) is 19.3 Å². The van der Waals surface area contributed by atoms with Gasteiger partial charge < -0.3 is 10.3 Å². The van der Waals surface area contributed by atoms with Gasteiger partial charge in [0.2, 0.25) is 0 Å². The van der Waals surface area contributed by atoms with Gasteiger partial charge in [0, 0.05) is 18.8 Å². The number of hydrogen-bond donors (Lipinski definition) is 1. The van der Waals surface area contributed by atoms with E-state index in [1.54, 1.807) is 0 Å². The highest BCUT2D eigenvalue weighted by atomic mass is 15.1. The summed E-state index contributed by atoms with van der Waals surface area (Å²) in [4.78, 5) is 4.25. The third kappa shape index (κ3) is 1.05. The lowest BCUT2D eigenvalue weighted by Crippen LogP contribution is -2.11. The monoisotopic (exact) mass is 151 g/mol. The zero-order valence-corrected chi connectivity index (χ0v) is 6.58. The molecular weight excluding hydrogens is 138 g/mol. The summed E-state index contributed by atoms with van der Waals surface area (Å²) in [5, 5.41) is 0. The number of aryl methyl sites for hydroxylation is 1. The Labute approximate surface area is 66.2 Å². The average Bonchev–Trinajstić information content (AvgIpc) is 2.47. The Bertz CT molecular complexity index is 238. The zero-order chi connectivity index (χ0) is 7.68. The van der Waals surface area contributed by atoms with Gasteiger partial charge in [0.25, 0.3) is 0 Å². The Balaban J connectivity index is 2.38. The predicted octanol–water partition coefficient (Wildman–Crippen LogP) is 0.678. The van der Waals surface area contributed by atoms with Crippen molar-refractivity contribution in [2.24, 2.45) is 5.73 Å². The van der Waals surface area contributed by atoms with Crippen LogP contribution in [0.3, 0.4) is 0 Å². The van der Waals surface area contributed by atoms with Crippen molar-refractivity contribution in [3.05, 3.63) is 17.7 Å². The SMILES string of the molecule is NCc1ncn2c1CCCC2. The van der Waals surface area contributed by atoms with E-state index in [0.717, 1.165) is 18.7 Å². The summed E-state index contributed by atoms with van der Waals surface area (Å²) in [5.41, 5.74) is 7.99. The summed E-state index contributed by atoms with van der Waals surface area (Å²) in [6, 6.07) is 0. The first-order valence-electron chi connectivity index (χ1n) is 4.15. The van der Waals surface area contributed by atoms with E-state index in [-0.39, 0.29) is 0 Å². The molecule has 0 unspecified atom stereocenters. The van der Waals surface area contributed by atoms with Crippen LogP contribution in [0.2, 0.25) is 0 Å². The van der Waals surface area contributed by atoms with Crippen LogP contribution in [0, 0.1) is 0 Å². The van der Waals surface area contributed by atoms with Crippen molar-refractivity contribution in [3.63, 3.8) is 0 Å². The van der Waals surface area contributed by atoms with Gasteiger partial charge in [-0.15, -0.1) is 0 Å². The molecule has 0 spiro atoms. The van der Waals surface area contributed by atoms with Gasteiger partial charge >= 0.3 is 0 Å². The number of fused-ring (bicyclic) bond motifs is 1.